The largest absolute Gasteiger partial charge is 0.462 e. The molecule has 0 saturated heterocycles. The fourth-order valence-electron chi connectivity index (χ4n) is 9.12. The Balaban J connectivity index is 4.00. The Morgan fingerprint density at radius 1 is 0.292 bits per heavy atom. The molecule has 0 spiro atoms. The van der Waals surface area contributed by atoms with Gasteiger partial charge in [-0.1, -0.05) is 300 Å². The first-order chi connectivity index (χ1) is 35.5. The van der Waals surface area contributed by atoms with Crippen LogP contribution in [0.1, 0.15) is 323 Å². The molecule has 6 nitrogen and oxygen atoms in total. The topological polar surface area (TPSA) is 78.9 Å². The molecule has 0 amide bonds. The number of unbranched alkanes of at least 4 members (excludes halogenated alkanes) is 36. The molecule has 0 N–H and O–H groups in total. The third kappa shape index (κ3) is 58.0. The number of rotatable bonds is 57. The van der Waals surface area contributed by atoms with E-state index >= 15 is 0 Å². The molecule has 0 bridgehead atoms. The van der Waals surface area contributed by atoms with E-state index in [1.165, 1.54) is 186 Å². The molecule has 0 aromatic heterocycles. The second kappa shape index (κ2) is 60.7. The molecule has 0 aromatic carbocycles. The quantitative estimate of drug-likeness (QED) is 0.0261. The van der Waals surface area contributed by atoms with Crippen molar-refractivity contribution in [2.75, 3.05) is 13.2 Å². The van der Waals surface area contributed by atoms with E-state index in [2.05, 4.69) is 81.5 Å². The Morgan fingerprint density at radius 2 is 0.542 bits per heavy atom. The fourth-order valence-corrected chi connectivity index (χ4v) is 9.12. The lowest BCUT2D eigenvalue weighted by Crippen LogP contribution is -2.30. The molecule has 0 aliphatic carbocycles. The molecule has 0 aliphatic heterocycles. The molecule has 0 heterocycles. The number of carbonyl (C=O) groups excluding carboxylic acids is 3. The van der Waals surface area contributed by atoms with Gasteiger partial charge in [-0.05, 0) is 64.2 Å². The summed E-state index contributed by atoms with van der Waals surface area (Å²) in [6.07, 6.45) is 77.1. The number of hydrogen-bond acceptors (Lipinski definition) is 6. The van der Waals surface area contributed by atoms with E-state index in [1.807, 2.05) is 0 Å². The van der Waals surface area contributed by atoms with Gasteiger partial charge in [-0.2, -0.15) is 0 Å². The molecule has 418 valence electrons. The number of hydrogen-bond donors (Lipinski definition) is 0. The Morgan fingerprint density at radius 3 is 0.847 bits per heavy atom. The average molecular weight is 1010 g/mol. The van der Waals surface area contributed by atoms with Crippen LogP contribution in [0.4, 0.5) is 0 Å². The second-order valence-electron chi connectivity index (χ2n) is 21.0. The minimum absolute atomic E-state index is 0.0707. The van der Waals surface area contributed by atoms with E-state index < -0.39 is 6.10 Å². The van der Waals surface area contributed by atoms with Gasteiger partial charge in [0.15, 0.2) is 6.10 Å². The van der Waals surface area contributed by atoms with Crippen LogP contribution in [-0.2, 0) is 28.6 Å². The van der Waals surface area contributed by atoms with Gasteiger partial charge in [0, 0.05) is 19.3 Å². The highest BCUT2D eigenvalue weighted by Crippen LogP contribution is 2.17. The molecule has 0 aromatic rings. The molecule has 1 unspecified atom stereocenters. The normalized spacial score (nSPS) is 12.4. The third-order valence-electron chi connectivity index (χ3n) is 13.8. The standard InChI is InChI=1S/C66H118O6/c1-4-7-10-13-15-17-19-21-23-25-27-29-30-31-32-33-34-35-36-37-39-40-42-44-46-48-50-53-56-59-65(68)71-62-63(61-70-64(67)58-55-52-12-9-6-3)72-66(69)60-57-54-51-49-47-45-43-41-38-28-26-24-22-20-18-16-14-11-8-5-2/h7,10,15,17,21,23,27,29,31-32,63H,4-6,8-9,11-14,16,18-20,22,24-26,28,30,33-62H2,1-3H3/b10-7-,17-15-,23-21-,29-27-,32-31-. The summed E-state index contributed by atoms with van der Waals surface area (Å²) in [5.41, 5.74) is 0. The monoisotopic (exact) mass is 1010 g/mol. The minimum atomic E-state index is -0.768. The maximum atomic E-state index is 12.8. The van der Waals surface area contributed by atoms with Crippen LogP contribution < -0.4 is 0 Å². The van der Waals surface area contributed by atoms with Crippen LogP contribution in [0.15, 0.2) is 60.8 Å². The lowest BCUT2D eigenvalue weighted by molar-refractivity contribution is -0.167. The van der Waals surface area contributed by atoms with E-state index in [1.54, 1.807) is 0 Å². The van der Waals surface area contributed by atoms with Crippen LogP contribution in [0.3, 0.4) is 0 Å². The van der Waals surface area contributed by atoms with Gasteiger partial charge in [-0.3, -0.25) is 14.4 Å². The molecule has 0 fully saturated rings. The summed E-state index contributed by atoms with van der Waals surface area (Å²) in [5.74, 6) is -0.869. The summed E-state index contributed by atoms with van der Waals surface area (Å²) >= 11 is 0. The maximum absolute atomic E-state index is 12.8. The number of esters is 3. The molecule has 0 saturated carbocycles. The highest BCUT2D eigenvalue weighted by atomic mass is 16.6. The van der Waals surface area contributed by atoms with Gasteiger partial charge in [0.25, 0.3) is 0 Å². The lowest BCUT2D eigenvalue weighted by Gasteiger charge is -2.18. The Labute approximate surface area is 447 Å². The van der Waals surface area contributed by atoms with Crippen molar-refractivity contribution in [3.63, 3.8) is 0 Å². The van der Waals surface area contributed by atoms with Gasteiger partial charge < -0.3 is 14.2 Å². The van der Waals surface area contributed by atoms with E-state index in [0.29, 0.717) is 19.3 Å². The van der Waals surface area contributed by atoms with Crippen LogP contribution in [0.25, 0.3) is 0 Å². The molecule has 0 rings (SSSR count). The van der Waals surface area contributed by atoms with E-state index in [4.69, 9.17) is 14.2 Å². The fraction of sp³-hybridized carbons (Fsp3) is 0.803. The second-order valence-corrected chi connectivity index (χ2v) is 21.0. The Hall–Kier alpha value is -2.89. The summed E-state index contributed by atoms with van der Waals surface area (Å²) in [7, 11) is 0. The minimum Gasteiger partial charge on any atom is -0.462 e. The first-order valence-corrected chi connectivity index (χ1v) is 31.3. The van der Waals surface area contributed by atoms with E-state index in [-0.39, 0.29) is 31.1 Å². The highest BCUT2D eigenvalue weighted by molar-refractivity contribution is 5.71. The predicted octanol–water partition coefficient (Wildman–Crippen LogP) is 21.2. The lowest BCUT2D eigenvalue weighted by atomic mass is 10.0. The van der Waals surface area contributed by atoms with E-state index in [9.17, 15) is 14.4 Å². The summed E-state index contributed by atoms with van der Waals surface area (Å²) < 4.78 is 16.8. The number of ether oxygens (including phenoxy) is 3. The maximum Gasteiger partial charge on any atom is 0.306 e. The van der Waals surface area contributed by atoms with Crippen LogP contribution in [0, 0.1) is 0 Å². The van der Waals surface area contributed by atoms with Crippen LogP contribution >= 0.6 is 0 Å². The number of carbonyl (C=O) groups is 3. The van der Waals surface area contributed by atoms with Crippen LogP contribution in [0.5, 0.6) is 0 Å². The zero-order valence-corrected chi connectivity index (χ0v) is 47.9. The van der Waals surface area contributed by atoms with Gasteiger partial charge in [0.1, 0.15) is 13.2 Å². The van der Waals surface area contributed by atoms with Gasteiger partial charge in [0.2, 0.25) is 0 Å². The van der Waals surface area contributed by atoms with Crippen molar-refractivity contribution in [3.8, 4) is 0 Å². The van der Waals surface area contributed by atoms with Crippen LogP contribution in [-0.4, -0.2) is 37.2 Å². The number of allylic oxidation sites excluding steroid dienone is 10. The van der Waals surface area contributed by atoms with Gasteiger partial charge in [-0.25, -0.2) is 0 Å². The summed E-state index contributed by atoms with van der Waals surface area (Å²) in [6, 6.07) is 0. The zero-order chi connectivity index (χ0) is 52.2. The Kier molecular flexibility index (Phi) is 58.2. The third-order valence-corrected chi connectivity index (χ3v) is 13.8. The SMILES string of the molecule is CC/C=C\C/C=C\C/C=C\C/C=C\C/C=C\CCCCCCCCCCCCCCCC(=O)OCC(COC(=O)CCCCCCC)OC(=O)CCCCCCCCCCCCCCCCCCCCCC. The van der Waals surface area contributed by atoms with Crippen LogP contribution in [0.2, 0.25) is 0 Å². The average Bonchev–Trinajstić information content (AvgIpc) is 3.38. The van der Waals surface area contributed by atoms with Gasteiger partial charge in [0.05, 0.1) is 0 Å². The van der Waals surface area contributed by atoms with Gasteiger partial charge >= 0.3 is 17.9 Å². The van der Waals surface area contributed by atoms with Crippen molar-refractivity contribution in [3.05, 3.63) is 60.8 Å². The van der Waals surface area contributed by atoms with Crippen molar-refractivity contribution < 1.29 is 28.6 Å². The molecule has 0 radical (unpaired) electrons. The summed E-state index contributed by atoms with van der Waals surface area (Å²) in [6.45, 7) is 6.49. The molecule has 6 heteroatoms. The predicted molar refractivity (Wildman–Crippen MR) is 312 cm³/mol. The molecular formula is C66H118O6. The van der Waals surface area contributed by atoms with E-state index in [0.717, 1.165) is 96.3 Å². The highest BCUT2D eigenvalue weighted by Gasteiger charge is 2.19. The molecule has 1 atom stereocenters. The van der Waals surface area contributed by atoms with Crippen molar-refractivity contribution in [1.29, 1.82) is 0 Å². The molecular weight excluding hydrogens is 889 g/mol. The zero-order valence-electron chi connectivity index (χ0n) is 47.9. The van der Waals surface area contributed by atoms with Gasteiger partial charge in [-0.15, -0.1) is 0 Å². The molecule has 72 heavy (non-hydrogen) atoms. The summed E-state index contributed by atoms with van der Waals surface area (Å²) in [5, 5.41) is 0. The smallest absolute Gasteiger partial charge is 0.306 e. The summed E-state index contributed by atoms with van der Waals surface area (Å²) in [4.78, 5) is 37.9. The van der Waals surface area contributed by atoms with Crippen molar-refractivity contribution in [1.82, 2.24) is 0 Å². The first kappa shape index (κ1) is 69.1. The Bertz CT molecular complexity index is 1290. The van der Waals surface area contributed by atoms with Crippen molar-refractivity contribution in [2.24, 2.45) is 0 Å². The molecule has 0 aliphatic rings. The van der Waals surface area contributed by atoms with Crippen molar-refractivity contribution in [2.45, 2.75) is 329 Å². The van der Waals surface area contributed by atoms with Crippen molar-refractivity contribution >= 4 is 17.9 Å². The first-order valence-electron chi connectivity index (χ1n) is 31.3.